The Bertz CT molecular complexity index is 874. The van der Waals surface area contributed by atoms with Gasteiger partial charge in [-0.25, -0.2) is 4.79 Å². The molecule has 0 spiro atoms. The second-order valence-electron chi connectivity index (χ2n) is 7.41. The number of carbonyl (C=O) groups is 2. The van der Waals surface area contributed by atoms with Gasteiger partial charge in [-0.2, -0.15) is 5.48 Å². The molecule has 0 aliphatic carbocycles. The van der Waals surface area contributed by atoms with E-state index in [1.165, 1.54) is 6.20 Å². The van der Waals surface area contributed by atoms with E-state index in [4.69, 9.17) is 9.57 Å². The van der Waals surface area contributed by atoms with Gasteiger partial charge in [0.05, 0.1) is 6.20 Å². The van der Waals surface area contributed by atoms with Crippen molar-refractivity contribution in [1.82, 2.24) is 10.5 Å². The minimum absolute atomic E-state index is 0.125. The third kappa shape index (κ3) is 4.55. The van der Waals surface area contributed by atoms with Crippen LogP contribution < -0.4 is 15.2 Å². The van der Waals surface area contributed by atoms with Crippen molar-refractivity contribution in [2.24, 2.45) is 0 Å². The molecule has 0 fully saturated rings. The summed E-state index contributed by atoms with van der Waals surface area (Å²) >= 11 is 0. The first-order valence-corrected chi connectivity index (χ1v) is 8.74. The highest BCUT2D eigenvalue weighted by molar-refractivity contribution is 5.96. The van der Waals surface area contributed by atoms with Gasteiger partial charge in [-0.1, -0.05) is 6.07 Å². The van der Waals surface area contributed by atoms with Crippen molar-refractivity contribution in [3.63, 3.8) is 0 Å². The highest BCUT2D eigenvalue weighted by Crippen LogP contribution is 2.32. The maximum absolute atomic E-state index is 11.8. The van der Waals surface area contributed by atoms with Crippen LogP contribution in [-0.4, -0.2) is 29.6 Å². The van der Waals surface area contributed by atoms with E-state index in [0.717, 1.165) is 28.8 Å². The van der Waals surface area contributed by atoms with Crippen LogP contribution in [0.5, 0.6) is 5.75 Å². The molecular weight excluding hydrogens is 346 g/mol. The molecule has 27 heavy (non-hydrogen) atoms. The summed E-state index contributed by atoms with van der Waals surface area (Å²) in [5, 5.41) is 0. The third-order valence-corrected chi connectivity index (χ3v) is 4.12. The SMILES string of the molecule is CN1C(=O)CCc2cc(-c3cncc(ONC(=O)OC(C)(C)C)c3)ccc21. The summed E-state index contributed by atoms with van der Waals surface area (Å²) in [5.74, 6) is 0.518. The van der Waals surface area contributed by atoms with Crippen LogP contribution in [-0.2, 0) is 16.0 Å². The average molecular weight is 369 g/mol. The largest absolute Gasteiger partial charge is 0.442 e. The number of ether oxygens (including phenoxy) is 1. The molecular formula is C20H23N3O4. The smallest absolute Gasteiger partial charge is 0.441 e. The number of anilines is 1. The van der Waals surface area contributed by atoms with Crippen LogP contribution in [0.1, 0.15) is 32.8 Å². The van der Waals surface area contributed by atoms with Gasteiger partial charge in [-0.05, 0) is 56.5 Å². The summed E-state index contributed by atoms with van der Waals surface area (Å²) in [6.45, 7) is 5.32. The van der Waals surface area contributed by atoms with Crippen LogP contribution in [0, 0.1) is 0 Å². The van der Waals surface area contributed by atoms with Crippen LogP contribution in [0.2, 0.25) is 0 Å². The fourth-order valence-electron chi connectivity index (χ4n) is 2.87. The zero-order valence-electron chi connectivity index (χ0n) is 15.9. The third-order valence-electron chi connectivity index (χ3n) is 4.12. The molecule has 1 aromatic carbocycles. The van der Waals surface area contributed by atoms with Gasteiger partial charge >= 0.3 is 6.09 Å². The van der Waals surface area contributed by atoms with Crippen molar-refractivity contribution in [3.8, 4) is 16.9 Å². The summed E-state index contributed by atoms with van der Waals surface area (Å²) in [7, 11) is 1.79. The van der Waals surface area contributed by atoms with Gasteiger partial charge in [-0.15, -0.1) is 0 Å². The fourth-order valence-corrected chi connectivity index (χ4v) is 2.87. The number of aromatic nitrogens is 1. The molecule has 0 saturated heterocycles. The number of hydrogen-bond acceptors (Lipinski definition) is 5. The second kappa shape index (κ2) is 7.26. The standard InChI is InChI=1S/C20H23N3O4/c1-20(2,3)26-19(25)22-27-16-10-15(11-21-12-16)13-5-7-17-14(9-13)6-8-18(24)23(17)4/h5,7,9-12H,6,8H2,1-4H3,(H,22,25). The van der Waals surface area contributed by atoms with Crippen molar-refractivity contribution in [1.29, 1.82) is 0 Å². The molecule has 0 saturated carbocycles. The van der Waals surface area contributed by atoms with E-state index in [9.17, 15) is 9.59 Å². The molecule has 1 N–H and O–H groups in total. The molecule has 7 nitrogen and oxygen atoms in total. The number of rotatable bonds is 3. The summed E-state index contributed by atoms with van der Waals surface area (Å²) in [4.78, 5) is 34.7. The number of benzene rings is 1. The molecule has 0 bridgehead atoms. The minimum Gasteiger partial charge on any atom is -0.442 e. The number of nitrogens with zero attached hydrogens (tertiary/aromatic N) is 2. The van der Waals surface area contributed by atoms with Crippen molar-refractivity contribution < 1.29 is 19.2 Å². The first kappa shape index (κ1) is 18.7. The molecule has 7 heteroatoms. The predicted molar refractivity (Wildman–Crippen MR) is 101 cm³/mol. The van der Waals surface area contributed by atoms with E-state index in [1.807, 2.05) is 12.1 Å². The zero-order chi connectivity index (χ0) is 19.6. The summed E-state index contributed by atoms with van der Waals surface area (Å²) in [6, 6.07) is 7.72. The topological polar surface area (TPSA) is 80.8 Å². The molecule has 1 aliphatic heterocycles. The number of hydrogen-bond donors (Lipinski definition) is 1. The lowest BCUT2D eigenvalue weighted by atomic mass is 9.97. The Labute approximate surface area is 158 Å². The van der Waals surface area contributed by atoms with Crippen molar-refractivity contribution in [2.75, 3.05) is 11.9 Å². The molecule has 0 radical (unpaired) electrons. The van der Waals surface area contributed by atoms with Gasteiger partial charge in [-0.3, -0.25) is 9.78 Å². The van der Waals surface area contributed by atoms with Gasteiger partial charge in [0.25, 0.3) is 0 Å². The average Bonchev–Trinajstić information content (AvgIpc) is 2.62. The molecule has 2 aromatic rings. The minimum atomic E-state index is -0.672. The van der Waals surface area contributed by atoms with Crippen molar-refractivity contribution >= 4 is 17.7 Å². The van der Waals surface area contributed by atoms with Crippen LogP contribution >= 0.6 is 0 Å². The first-order valence-electron chi connectivity index (χ1n) is 8.74. The number of hydroxylamine groups is 1. The summed E-state index contributed by atoms with van der Waals surface area (Å²) in [5.41, 5.74) is 5.51. The number of carbonyl (C=O) groups excluding carboxylic acids is 2. The van der Waals surface area contributed by atoms with E-state index >= 15 is 0 Å². The molecule has 1 aliphatic rings. The number of fused-ring (bicyclic) bond motifs is 1. The second-order valence-corrected chi connectivity index (χ2v) is 7.41. The molecule has 142 valence electrons. The van der Waals surface area contributed by atoms with Crippen molar-refractivity contribution in [3.05, 3.63) is 42.2 Å². The molecule has 3 rings (SSSR count). The molecule has 1 aromatic heterocycles. The van der Waals surface area contributed by atoms with E-state index < -0.39 is 11.7 Å². The van der Waals surface area contributed by atoms with Gasteiger partial charge in [0.1, 0.15) is 5.60 Å². The van der Waals surface area contributed by atoms with E-state index in [2.05, 4.69) is 16.5 Å². The van der Waals surface area contributed by atoms with Crippen LogP contribution in [0.3, 0.4) is 0 Å². The lowest BCUT2D eigenvalue weighted by molar-refractivity contribution is -0.118. The maximum atomic E-state index is 11.8. The fraction of sp³-hybridized carbons (Fsp3) is 0.350. The Morgan fingerprint density at radius 3 is 2.67 bits per heavy atom. The maximum Gasteiger partial charge on any atom is 0.441 e. The number of nitrogens with one attached hydrogen (secondary N) is 1. The van der Waals surface area contributed by atoms with Gasteiger partial charge in [0.2, 0.25) is 5.91 Å². The Balaban J connectivity index is 1.74. The highest BCUT2D eigenvalue weighted by Gasteiger charge is 2.21. The van der Waals surface area contributed by atoms with E-state index in [0.29, 0.717) is 12.2 Å². The predicted octanol–water partition coefficient (Wildman–Crippen LogP) is 3.48. The van der Waals surface area contributed by atoms with Gasteiger partial charge in [0, 0.05) is 30.9 Å². The lowest BCUT2D eigenvalue weighted by Gasteiger charge is -2.26. The van der Waals surface area contributed by atoms with Crippen LogP contribution in [0.15, 0.2) is 36.7 Å². The molecule has 0 unspecified atom stereocenters. The van der Waals surface area contributed by atoms with Gasteiger partial charge < -0.3 is 14.5 Å². The zero-order valence-corrected chi connectivity index (χ0v) is 15.9. The molecule has 2 heterocycles. The normalized spacial score (nSPS) is 13.8. The quantitative estimate of drug-likeness (QED) is 0.838. The summed E-state index contributed by atoms with van der Waals surface area (Å²) in [6.07, 6.45) is 3.78. The van der Waals surface area contributed by atoms with Gasteiger partial charge in [0.15, 0.2) is 5.75 Å². The Hall–Kier alpha value is -3.09. The van der Waals surface area contributed by atoms with E-state index in [1.54, 1.807) is 45.0 Å². The number of amides is 2. The number of aryl methyl sites for hydroxylation is 1. The number of pyridine rings is 1. The Kier molecular flexibility index (Phi) is 5.03. The van der Waals surface area contributed by atoms with E-state index in [-0.39, 0.29) is 5.91 Å². The van der Waals surface area contributed by atoms with Crippen LogP contribution in [0.4, 0.5) is 10.5 Å². The lowest BCUT2D eigenvalue weighted by Crippen LogP contribution is -2.34. The Morgan fingerprint density at radius 1 is 1.15 bits per heavy atom. The molecule has 0 atom stereocenters. The molecule has 2 amide bonds. The summed E-state index contributed by atoms with van der Waals surface area (Å²) < 4.78 is 5.13. The monoisotopic (exact) mass is 369 g/mol. The van der Waals surface area contributed by atoms with Crippen LogP contribution in [0.25, 0.3) is 11.1 Å². The highest BCUT2D eigenvalue weighted by atomic mass is 16.7. The first-order chi connectivity index (χ1) is 12.7. The Morgan fingerprint density at radius 2 is 1.93 bits per heavy atom. The van der Waals surface area contributed by atoms with Crippen molar-refractivity contribution in [2.45, 2.75) is 39.2 Å².